The molecule has 0 amide bonds. The van der Waals surface area contributed by atoms with Crippen molar-refractivity contribution >= 4 is 8.32 Å². The van der Waals surface area contributed by atoms with Crippen molar-refractivity contribution in [2.24, 2.45) is 0 Å². The lowest BCUT2D eigenvalue weighted by Gasteiger charge is -2.36. The molecule has 2 N–H and O–H groups in total. The molecule has 0 aromatic carbocycles. The van der Waals surface area contributed by atoms with Gasteiger partial charge in [-0.25, -0.2) is 5.48 Å². The summed E-state index contributed by atoms with van der Waals surface area (Å²) in [4.78, 5) is 0. The van der Waals surface area contributed by atoms with E-state index < -0.39 is 8.32 Å². The van der Waals surface area contributed by atoms with Crippen LogP contribution in [0.2, 0.25) is 18.1 Å². The van der Waals surface area contributed by atoms with Crippen LogP contribution in [-0.2, 0) is 4.43 Å². The van der Waals surface area contributed by atoms with E-state index in [0.29, 0.717) is 6.61 Å². The lowest BCUT2D eigenvalue weighted by atomic mass is 10.2. The van der Waals surface area contributed by atoms with E-state index in [1.54, 1.807) is 0 Å². The number of rotatable bonds is 4. The molecular weight excluding hydrogens is 182 g/mol. The van der Waals surface area contributed by atoms with Gasteiger partial charge >= 0.3 is 0 Å². The standard InChI is InChI=1S/C9H23NO2Si/c1-8(10-11)7-12-13(5,6)9(2,3)4/h8,10-11H,7H2,1-6H3. The van der Waals surface area contributed by atoms with Crippen molar-refractivity contribution < 1.29 is 9.63 Å². The Bertz CT molecular complexity index is 154. The summed E-state index contributed by atoms with van der Waals surface area (Å²) in [6.07, 6.45) is 0. The van der Waals surface area contributed by atoms with Gasteiger partial charge in [-0.15, -0.1) is 0 Å². The van der Waals surface area contributed by atoms with E-state index in [-0.39, 0.29) is 11.1 Å². The summed E-state index contributed by atoms with van der Waals surface area (Å²) in [5.74, 6) is 0. The molecule has 0 aromatic rings. The number of hydrogen-bond acceptors (Lipinski definition) is 3. The Morgan fingerprint density at radius 2 is 1.85 bits per heavy atom. The highest BCUT2D eigenvalue weighted by Crippen LogP contribution is 2.36. The van der Waals surface area contributed by atoms with Crippen LogP contribution in [0.5, 0.6) is 0 Å². The second kappa shape index (κ2) is 4.55. The highest BCUT2D eigenvalue weighted by atomic mass is 28.4. The monoisotopic (exact) mass is 205 g/mol. The first-order valence-corrected chi connectivity index (χ1v) is 7.65. The summed E-state index contributed by atoms with van der Waals surface area (Å²) < 4.78 is 5.86. The molecule has 0 aliphatic carbocycles. The normalized spacial score (nSPS) is 15.9. The van der Waals surface area contributed by atoms with Gasteiger partial charge in [-0.05, 0) is 25.1 Å². The fraction of sp³-hybridized carbons (Fsp3) is 1.00. The minimum atomic E-state index is -1.64. The molecule has 3 nitrogen and oxygen atoms in total. The van der Waals surface area contributed by atoms with Crippen LogP contribution in [0.1, 0.15) is 27.7 Å². The summed E-state index contributed by atoms with van der Waals surface area (Å²) in [7, 11) is -1.64. The van der Waals surface area contributed by atoms with Gasteiger partial charge in [0.15, 0.2) is 8.32 Å². The summed E-state index contributed by atoms with van der Waals surface area (Å²) in [5.41, 5.74) is 2.19. The molecule has 1 atom stereocenters. The SMILES string of the molecule is CC(CO[Si](C)(C)C(C)(C)C)NO. The van der Waals surface area contributed by atoms with Gasteiger partial charge in [0.2, 0.25) is 0 Å². The predicted molar refractivity (Wildman–Crippen MR) is 57.5 cm³/mol. The van der Waals surface area contributed by atoms with Gasteiger partial charge in [0.1, 0.15) is 0 Å². The van der Waals surface area contributed by atoms with Crippen LogP contribution in [0.15, 0.2) is 0 Å². The quantitative estimate of drug-likeness (QED) is 0.547. The van der Waals surface area contributed by atoms with Crippen molar-refractivity contribution in [3.63, 3.8) is 0 Å². The fourth-order valence-electron chi connectivity index (χ4n) is 0.587. The first kappa shape index (κ1) is 13.1. The zero-order valence-corrected chi connectivity index (χ0v) is 10.6. The summed E-state index contributed by atoms with van der Waals surface area (Å²) in [5, 5.41) is 8.86. The molecule has 0 fully saturated rings. The zero-order valence-electron chi connectivity index (χ0n) is 9.64. The molecule has 0 aliphatic rings. The smallest absolute Gasteiger partial charge is 0.192 e. The molecule has 1 unspecified atom stereocenters. The molecule has 13 heavy (non-hydrogen) atoms. The topological polar surface area (TPSA) is 41.5 Å². The van der Waals surface area contributed by atoms with Gasteiger partial charge in [0.25, 0.3) is 0 Å². The Hall–Kier alpha value is 0.0969. The third kappa shape index (κ3) is 4.22. The molecule has 0 spiro atoms. The van der Waals surface area contributed by atoms with E-state index in [1.807, 2.05) is 6.92 Å². The molecule has 0 bridgehead atoms. The maximum absolute atomic E-state index is 8.62. The van der Waals surface area contributed by atoms with Gasteiger partial charge in [-0.2, -0.15) is 0 Å². The summed E-state index contributed by atoms with van der Waals surface area (Å²) >= 11 is 0. The summed E-state index contributed by atoms with van der Waals surface area (Å²) in [6, 6.07) is 0.00845. The average Bonchev–Trinajstić information content (AvgIpc) is 1.98. The molecule has 0 saturated heterocycles. The maximum Gasteiger partial charge on any atom is 0.192 e. The molecule has 0 saturated carbocycles. The van der Waals surface area contributed by atoms with E-state index in [1.165, 1.54) is 0 Å². The third-order valence-corrected chi connectivity index (χ3v) is 7.22. The molecule has 0 aliphatic heterocycles. The molecular formula is C9H23NO2Si. The number of nitrogens with one attached hydrogen (secondary N) is 1. The minimum Gasteiger partial charge on any atom is -0.415 e. The van der Waals surface area contributed by atoms with Crippen molar-refractivity contribution in [3.8, 4) is 0 Å². The number of hydroxylamine groups is 1. The van der Waals surface area contributed by atoms with Crippen molar-refractivity contribution in [2.45, 2.75) is 51.9 Å². The van der Waals surface area contributed by atoms with Gasteiger partial charge in [-0.3, -0.25) is 0 Å². The largest absolute Gasteiger partial charge is 0.415 e. The average molecular weight is 205 g/mol. The molecule has 0 aromatic heterocycles. The first-order valence-electron chi connectivity index (χ1n) is 4.74. The lowest BCUT2D eigenvalue weighted by molar-refractivity contribution is 0.101. The molecule has 80 valence electrons. The maximum atomic E-state index is 8.62. The van der Waals surface area contributed by atoms with E-state index in [4.69, 9.17) is 9.63 Å². The number of hydrogen-bond donors (Lipinski definition) is 2. The van der Waals surface area contributed by atoms with E-state index >= 15 is 0 Å². The highest BCUT2D eigenvalue weighted by molar-refractivity contribution is 6.74. The van der Waals surface area contributed by atoms with Crippen LogP contribution in [0.25, 0.3) is 0 Å². The molecule has 0 rings (SSSR count). The van der Waals surface area contributed by atoms with E-state index in [2.05, 4.69) is 39.3 Å². The van der Waals surface area contributed by atoms with Gasteiger partial charge in [0, 0.05) is 0 Å². The molecule has 4 heteroatoms. The molecule has 0 heterocycles. The van der Waals surface area contributed by atoms with Gasteiger partial charge in [0.05, 0.1) is 12.6 Å². The summed E-state index contributed by atoms with van der Waals surface area (Å²) in [6.45, 7) is 13.5. The van der Waals surface area contributed by atoms with Crippen LogP contribution in [0, 0.1) is 0 Å². The first-order chi connectivity index (χ1) is 5.70. The van der Waals surface area contributed by atoms with Crippen LogP contribution in [0.4, 0.5) is 0 Å². The fourth-order valence-corrected chi connectivity index (χ4v) is 1.69. The van der Waals surface area contributed by atoms with E-state index in [0.717, 1.165) is 0 Å². The van der Waals surface area contributed by atoms with Crippen LogP contribution in [-0.4, -0.2) is 26.2 Å². The second-order valence-electron chi connectivity index (χ2n) is 5.10. The van der Waals surface area contributed by atoms with Gasteiger partial charge < -0.3 is 9.63 Å². The lowest BCUT2D eigenvalue weighted by Crippen LogP contribution is -2.44. The third-order valence-electron chi connectivity index (χ3n) is 2.72. The molecule has 0 radical (unpaired) electrons. The van der Waals surface area contributed by atoms with E-state index in [9.17, 15) is 0 Å². The van der Waals surface area contributed by atoms with Crippen LogP contribution in [0.3, 0.4) is 0 Å². The van der Waals surface area contributed by atoms with Gasteiger partial charge in [-0.1, -0.05) is 20.8 Å². The minimum absolute atomic E-state index is 0.00845. The van der Waals surface area contributed by atoms with Crippen molar-refractivity contribution in [1.29, 1.82) is 0 Å². The van der Waals surface area contributed by atoms with Crippen LogP contribution >= 0.6 is 0 Å². The highest BCUT2D eigenvalue weighted by Gasteiger charge is 2.37. The van der Waals surface area contributed by atoms with Crippen molar-refractivity contribution in [2.75, 3.05) is 6.61 Å². The van der Waals surface area contributed by atoms with Crippen molar-refractivity contribution in [1.82, 2.24) is 5.48 Å². The second-order valence-corrected chi connectivity index (χ2v) is 9.91. The predicted octanol–water partition coefficient (Wildman–Crippen LogP) is 2.38. The van der Waals surface area contributed by atoms with Crippen LogP contribution < -0.4 is 5.48 Å². The van der Waals surface area contributed by atoms with Crippen molar-refractivity contribution in [3.05, 3.63) is 0 Å². The Kier molecular flexibility index (Phi) is 4.58. The Balaban J connectivity index is 4.04. The Morgan fingerprint density at radius 1 is 1.38 bits per heavy atom. The zero-order chi connectivity index (χ0) is 10.7. The Morgan fingerprint density at radius 3 is 2.15 bits per heavy atom. The Labute approximate surface area is 82.6 Å².